The van der Waals surface area contributed by atoms with Gasteiger partial charge in [-0.3, -0.25) is 9.59 Å². The molecule has 3 N–H and O–H groups in total. The molecular weight excluding hydrogens is 328 g/mol. The van der Waals surface area contributed by atoms with Gasteiger partial charge in [0.15, 0.2) is 0 Å². The van der Waals surface area contributed by atoms with Gasteiger partial charge in [-0.2, -0.15) is 10.2 Å². The van der Waals surface area contributed by atoms with Crippen LogP contribution in [-0.4, -0.2) is 28.8 Å². The van der Waals surface area contributed by atoms with Gasteiger partial charge in [-0.05, 0) is 18.2 Å². The average molecular weight is 339 g/mol. The molecule has 2 rings (SSSR count). The molecule has 0 unspecified atom stereocenters. The largest absolute Gasteiger partial charge is 0.507 e. The molecule has 2 amide bonds. The molecule has 7 nitrogen and oxygen atoms in total. The smallest absolute Gasteiger partial charge is 0.245 e. The van der Waals surface area contributed by atoms with Crippen LogP contribution in [0.15, 0.2) is 32.9 Å². The summed E-state index contributed by atoms with van der Waals surface area (Å²) >= 11 is 3.27. The Hall–Kier alpha value is -2.22. The number of nitrogens with one attached hydrogen (secondary N) is 2. The highest BCUT2D eigenvalue weighted by Crippen LogP contribution is 2.19. The first-order valence-corrected chi connectivity index (χ1v) is 6.48. The van der Waals surface area contributed by atoms with Gasteiger partial charge in [-0.15, -0.1) is 0 Å². The zero-order chi connectivity index (χ0) is 14.5. The molecule has 8 heteroatoms. The van der Waals surface area contributed by atoms with Gasteiger partial charge in [0.1, 0.15) is 5.75 Å². The number of rotatable bonds is 4. The van der Waals surface area contributed by atoms with Crippen molar-refractivity contribution >= 4 is 39.7 Å². The predicted octanol–water partition coefficient (Wildman–Crippen LogP) is 0.871. The van der Waals surface area contributed by atoms with Crippen LogP contribution in [0.1, 0.15) is 18.4 Å². The molecule has 0 spiro atoms. The van der Waals surface area contributed by atoms with Crippen molar-refractivity contribution in [1.82, 2.24) is 10.9 Å². The van der Waals surface area contributed by atoms with E-state index in [1.54, 1.807) is 12.1 Å². The average Bonchev–Trinajstić information content (AvgIpc) is 2.79. The highest BCUT2D eigenvalue weighted by atomic mass is 79.9. The van der Waals surface area contributed by atoms with Crippen LogP contribution in [0.4, 0.5) is 0 Å². The van der Waals surface area contributed by atoms with E-state index in [9.17, 15) is 14.7 Å². The summed E-state index contributed by atoms with van der Waals surface area (Å²) in [4.78, 5) is 22.4. The van der Waals surface area contributed by atoms with Crippen LogP contribution >= 0.6 is 15.9 Å². The Bertz CT molecular complexity index is 613. The molecule has 0 bridgehead atoms. The normalized spacial score (nSPS) is 14.2. The van der Waals surface area contributed by atoms with Gasteiger partial charge in [0.05, 0.1) is 24.8 Å². The minimum Gasteiger partial charge on any atom is -0.507 e. The van der Waals surface area contributed by atoms with Crippen molar-refractivity contribution in [2.45, 2.75) is 12.8 Å². The zero-order valence-electron chi connectivity index (χ0n) is 10.3. The number of phenols is 1. The second-order valence-electron chi connectivity index (χ2n) is 4.06. The molecule has 0 radical (unpaired) electrons. The lowest BCUT2D eigenvalue weighted by Crippen LogP contribution is -2.20. The van der Waals surface area contributed by atoms with Crippen molar-refractivity contribution in [3.63, 3.8) is 0 Å². The Morgan fingerprint density at radius 1 is 1.60 bits per heavy atom. The lowest BCUT2D eigenvalue weighted by Gasteiger charge is -2.00. The highest BCUT2D eigenvalue weighted by Gasteiger charge is 2.16. The maximum atomic E-state index is 11.5. The van der Waals surface area contributed by atoms with E-state index >= 15 is 0 Å². The molecule has 0 saturated carbocycles. The molecule has 1 aromatic carbocycles. The molecule has 20 heavy (non-hydrogen) atoms. The van der Waals surface area contributed by atoms with Crippen molar-refractivity contribution in [1.29, 1.82) is 0 Å². The number of carbonyl (C=O) groups excluding carboxylic acids is 2. The monoisotopic (exact) mass is 338 g/mol. The number of hydrogen-bond acceptors (Lipinski definition) is 5. The lowest BCUT2D eigenvalue weighted by atomic mass is 10.2. The van der Waals surface area contributed by atoms with Gasteiger partial charge >= 0.3 is 0 Å². The molecule has 1 aromatic rings. The van der Waals surface area contributed by atoms with Crippen molar-refractivity contribution in [3.05, 3.63) is 28.2 Å². The number of amides is 2. The Kier molecular flexibility index (Phi) is 4.46. The number of hydrazone groups is 2. The van der Waals surface area contributed by atoms with Crippen LogP contribution in [0.3, 0.4) is 0 Å². The van der Waals surface area contributed by atoms with Crippen LogP contribution in [-0.2, 0) is 9.59 Å². The van der Waals surface area contributed by atoms with E-state index in [1.807, 2.05) is 0 Å². The lowest BCUT2D eigenvalue weighted by molar-refractivity contribution is -0.119. The number of halogens is 1. The van der Waals surface area contributed by atoms with Crippen molar-refractivity contribution < 1.29 is 14.7 Å². The van der Waals surface area contributed by atoms with Crippen LogP contribution in [0.2, 0.25) is 0 Å². The van der Waals surface area contributed by atoms with Gasteiger partial charge in [-0.1, -0.05) is 15.9 Å². The van der Waals surface area contributed by atoms with E-state index in [0.29, 0.717) is 11.3 Å². The summed E-state index contributed by atoms with van der Waals surface area (Å²) in [5.74, 6) is -0.553. The van der Waals surface area contributed by atoms with E-state index in [4.69, 9.17) is 0 Å². The van der Waals surface area contributed by atoms with Crippen molar-refractivity contribution in [2.24, 2.45) is 10.2 Å². The van der Waals surface area contributed by atoms with Crippen LogP contribution in [0.25, 0.3) is 0 Å². The van der Waals surface area contributed by atoms with Crippen LogP contribution in [0, 0.1) is 0 Å². The van der Waals surface area contributed by atoms with Crippen molar-refractivity contribution in [2.75, 3.05) is 0 Å². The molecule has 0 saturated heterocycles. The zero-order valence-corrected chi connectivity index (χ0v) is 11.8. The number of benzene rings is 1. The number of aromatic hydroxyl groups is 1. The predicted molar refractivity (Wildman–Crippen MR) is 76.4 cm³/mol. The van der Waals surface area contributed by atoms with Crippen LogP contribution in [0.5, 0.6) is 5.75 Å². The molecule has 0 atom stereocenters. The second kappa shape index (κ2) is 6.29. The molecule has 0 fully saturated rings. The summed E-state index contributed by atoms with van der Waals surface area (Å²) < 4.78 is 0.785. The summed E-state index contributed by atoms with van der Waals surface area (Å²) in [5.41, 5.74) is 5.50. The maximum Gasteiger partial charge on any atom is 0.245 e. The quantitative estimate of drug-likeness (QED) is 0.560. The molecule has 1 heterocycles. The highest BCUT2D eigenvalue weighted by molar-refractivity contribution is 9.10. The molecule has 0 aromatic heterocycles. The van der Waals surface area contributed by atoms with E-state index in [2.05, 4.69) is 37.0 Å². The third kappa shape index (κ3) is 3.89. The summed E-state index contributed by atoms with van der Waals surface area (Å²) in [5, 5.41) is 17.0. The topological polar surface area (TPSA) is 103 Å². The van der Waals surface area contributed by atoms with E-state index < -0.39 is 0 Å². The standard InChI is InChI=1S/C12H11BrN4O3/c13-8-1-2-10(18)7(3-8)6-14-16-11(19)4-9-5-12(20)17-15-9/h1-3,6,18H,4-5H2,(H,16,19)(H,17,20). The van der Waals surface area contributed by atoms with Gasteiger partial charge < -0.3 is 5.11 Å². The Labute approximate surface area is 122 Å². The summed E-state index contributed by atoms with van der Waals surface area (Å²) in [6, 6.07) is 4.86. The number of nitrogens with zero attached hydrogens (tertiary/aromatic N) is 2. The fourth-order valence-electron chi connectivity index (χ4n) is 1.54. The molecule has 1 aliphatic heterocycles. The fourth-order valence-corrected chi connectivity index (χ4v) is 1.91. The summed E-state index contributed by atoms with van der Waals surface area (Å²) in [6.07, 6.45) is 1.46. The third-order valence-corrected chi connectivity index (χ3v) is 2.94. The van der Waals surface area contributed by atoms with Crippen LogP contribution < -0.4 is 10.9 Å². The number of hydrogen-bond donors (Lipinski definition) is 3. The molecule has 0 aliphatic carbocycles. The van der Waals surface area contributed by atoms with Crippen molar-refractivity contribution in [3.8, 4) is 5.75 Å². The minimum absolute atomic E-state index is 0.000542. The number of carbonyl (C=O) groups is 2. The first-order valence-electron chi connectivity index (χ1n) is 5.69. The Morgan fingerprint density at radius 2 is 2.40 bits per heavy atom. The third-order valence-electron chi connectivity index (χ3n) is 2.45. The van der Waals surface area contributed by atoms with Gasteiger partial charge in [0.2, 0.25) is 11.8 Å². The van der Waals surface area contributed by atoms with Gasteiger partial charge in [-0.25, -0.2) is 10.9 Å². The molecule has 104 valence electrons. The van der Waals surface area contributed by atoms with E-state index in [-0.39, 0.29) is 30.4 Å². The Morgan fingerprint density at radius 3 is 3.10 bits per heavy atom. The second-order valence-corrected chi connectivity index (χ2v) is 4.98. The summed E-state index contributed by atoms with van der Waals surface area (Å²) in [6.45, 7) is 0. The number of phenolic OH excluding ortho intramolecular Hbond substituents is 1. The van der Waals surface area contributed by atoms with E-state index in [1.165, 1.54) is 12.3 Å². The van der Waals surface area contributed by atoms with Gasteiger partial charge in [0.25, 0.3) is 0 Å². The fraction of sp³-hybridized carbons (Fsp3) is 0.167. The van der Waals surface area contributed by atoms with Gasteiger partial charge in [0, 0.05) is 10.0 Å². The first kappa shape index (κ1) is 14.2. The summed E-state index contributed by atoms with van der Waals surface area (Å²) in [7, 11) is 0. The maximum absolute atomic E-state index is 11.5. The molecular formula is C12H11BrN4O3. The SMILES string of the molecule is O=C(CC1=NNC(=O)C1)NN=Cc1cc(Br)ccc1O. The minimum atomic E-state index is -0.383. The van der Waals surface area contributed by atoms with E-state index in [0.717, 1.165) is 4.47 Å². The Balaban J connectivity index is 1.88. The molecule has 1 aliphatic rings. The first-order chi connectivity index (χ1) is 9.54.